The van der Waals surface area contributed by atoms with E-state index in [1.165, 1.54) is 18.2 Å². The van der Waals surface area contributed by atoms with E-state index in [2.05, 4.69) is 4.98 Å². The van der Waals surface area contributed by atoms with Gasteiger partial charge >= 0.3 is 0 Å². The number of nitrogens with one attached hydrogen (secondary N) is 1. The number of fused-ring (bicyclic) bond motifs is 1. The SMILES string of the molecule is CCC(Oc1cc(F)cc(C2(OC)CCOC2C)c1)c1ccc2[nH]c(=O)ccc2c1. The van der Waals surface area contributed by atoms with E-state index >= 15 is 0 Å². The Morgan fingerprint density at radius 1 is 1.23 bits per heavy atom. The molecule has 5 nitrogen and oxygen atoms in total. The van der Waals surface area contributed by atoms with Gasteiger partial charge in [0, 0.05) is 31.2 Å². The Balaban J connectivity index is 1.66. The normalized spacial score (nSPS) is 22.3. The number of hydrogen-bond donors (Lipinski definition) is 1. The summed E-state index contributed by atoms with van der Waals surface area (Å²) >= 11 is 0. The van der Waals surface area contributed by atoms with E-state index in [1.807, 2.05) is 38.1 Å². The molecule has 158 valence electrons. The van der Waals surface area contributed by atoms with Gasteiger partial charge in [-0.1, -0.05) is 13.0 Å². The van der Waals surface area contributed by atoms with Crippen LogP contribution in [0.1, 0.15) is 43.9 Å². The minimum absolute atomic E-state index is 0.136. The Bertz CT molecular complexity index is 1110. The number of aromatic nitrogens is 1. The lowest BCUT2D eigenvalue weighted by Crippen LogP contribution is -2.35. The van der Waals surface area contributed by atoms with Crippen molar-refractivity contribution in [2.24, 2.45) is 0 Å². The van der Waals surface area contributed by atoms with Crippen molar-refractivity contribution in [2.75, 3.05) is 13.7 Å². The third kappa shape index (κ3) is 3.73. The van der Waals surface area contributed by atoms with Crippen molar-refractivity contribution in [3.05, 3.63) is 75.8 Å². The highest BCUT2D eigenvalue weighted by atomic mass is 19.1. The Hall–Kier alpha value is -2.70. The van der Waals surface area contributed by atoms with Gasteiger partial charge < -0.3 is 19.2 Å². The van der Waals surface area contributed by atoms with E-state index in [1.54, 1.807) is 13.2 Å². The van der Waals surface area contributed by atoms with Crippen molar-refractivity contribution in [2.45, 2.75) is 44.5 Å². The van der Waals surface area contributed by atoms with Crippen LogP contribution >= 0.6 is 0 Å². The molecule has 1 aliphatic heterocycles. The summed E-state index contributed by atoms with van der Waals surface area (Å²) < 4.78 is 32.2. The monoisotopic (exact) mass is 411 g/mol. The average Bonchev–Trinajstić information content (AvgIpc) is 3.12. The van der Waals surface area contributed by atoms with Crippen LogP contribution in [0.3, 0.4) is 0 Å². The van der Waals surface area contributed by atoms with Crippen LogP contribution in [-0.2, 0) is 15.1 Å². The van der Waals surface area contributed by atoms with Crippen LogP contribution in [-0.4, -0.2) is 24.8 Å². The molecule has 2 aromatic carbocycles. The summed E-state index contributed by atoms with van der Waals surface area (Å²) in [6, 6.07) is 13.8. The van der Waals surface area contributed by atoms with Crippen molar-refractivity contribution in [1.82, 2.24) is 4.98 Å². The summed E-state index contributed by atoms with van der Waals surface area (Å²) in [5.41, 5.74) is 1.63. The predicted molar refractivity (Wildman–Crippen MR) is 113 cm³/mol. The number of hydrogen-bond acceptors (Lipinski definition) is 4. The maximum absolute atomic E-state index is 14.5. The second kappa shape index (κ2) is 8.20. The molecule has 0 bridgehead atoms. The molecule has 1 aliphatic rings. The molecule has 0 aliphatic carbocycles. The molecule has 3 atom stereocenters. The van der Waals surface area contributed by atoms with Gasteiger partial charge in [-0.2, -0.15) is 0 Å². The maximum Gasteiger partial charge on any atom is 0.248 e. The zero-order valence-corrected chi connectivity index (χ0v) is 17.4. The Labute approximate surface area is 174 Å². The molecule has 0 saturated carbocycles. The molecule has 0 radical (unpaired) electrons. The fraction of sp³-hybridized carbons (Fsp3) is 0.375. The van der Waals surface area contributed by atoms with Crippen molar-refractivity contribution in [3.8, 4) is 5.75 Å². The maximum atomic E-state index is 14.5. The number of H-pyrrole nitrogens is 1. The molecule has 0 spiro atoms. The summed E-state index contributed by atoms with van der Waals surface area (Å²) in [4.78, 5) is 14.3. The highest BCUT2D eigenvalue weighted by molar-refractivity contribution is 5.79. The van der Waals surface area contributed by atoms with Crippen LogP contribution in [0.2, 0.25) is 0 Å². The number of methoxy groups -OCH3 is 1. The number of ether oxygens (including phenoxy) is 3. The molecule has 1 saturated heterocycles. The van der Waals surface area contributed by atoms with Gasteiger partial charge in [-0.15, -0.1) is 0 Å². The molecule has 1 aromatic heterocycles. The summed E-state index contributed by atoms with van der Waals surface area (Å²) in [7, 11) is 1.63. The van der Waals surface area contributed by atoms with E-state index < -0.39 is 5.60 Å². The molecule has 2 heterocycles. The number of halogens is 1. The first-order valence-electron chi connectivity index (χ1n) is 10.2. The highest BCUT2D eigenvalue weighted by Crippen LogP contribution is 2.41. The molecular weight excluding hydrogens is 385 g/mol. The smallest absolute Gasteiger partial charge is 0.248 e. The van der Waals surface area contributed by atoms with Gasteiger partial charge in [-0.3, -0.25) is 4.79 Å². The fourth-order valence-corrected chi connectivity index (χ4v) is 4.29. The summed E-state index contributed by atoms with van der Waals surface area (Å²) in [5.74, 6) is 0.0814. The van der Waals surface area contributed by atoms with Crippen molar-refractivity contribution < 1.29 is 18.6 Å². The lowest BCUT2D eigenvalue weighted by atomic mass is 9.87. The molecule has 0 amide bonds. The number of aromatic amines is 1. The number of rotatable bonds is 6. The first kappa shape index (κ1) is 20.6. The van der Waals surface area contributed by atoms with Gasteiger partial charge in [0.05, 0.1) is 12.7 Å². The minimum atomic E-state index is -0.684. The van der Waals surface area contributed by atoms with Crippen LogP contribution in [0.15, 0.2) is 53.3 Å². The van der Waals surface area contributed by atoms with Gasteiger partial charge in [0.15, 0.2) is 0 Å². The zero-order chi connectivity index (χ0) is 21.3. The van der Waals surface area contributed by atoms with Crippen LogP contribution in [0, 0.1) is 5.82 Å². The van der Waals surface area contributed by atoms with Gasteiger partial charge in [0.1, 0.15) is 23.3 Å². The lowest BCUT2D eigenvalue weighted by Gasteiger charge is -2.32. The molecule has 6 heteroatoms. The van der Waals surface area contributed by atoms with E-state index in [0.717, 1.165) is 22.0 Å². The fourth-order valence-electron chi connectivity index (χ4n) is 4.29. The van der Waals surface area contributed by atoms with Crippen molar-refractivity contribution in [1.29, 1.82) is 0 Å². The molecular formula is C24H26FNO4. The van der Waals surface area contributed by atoms with E-state index in [9.17, 15) is 9.18 Å². The Kier molecular flexibility index (Phi) is 5.62. The minimum Gasteiger partial charge on any atom is -0.486 e. The third-order valence-corrected chi connectivity index (χ3v) is 5.99. The molecule has 30 heavy (non-hydrogen) atoms. The van der Waals surface area contributed by atoms with Crippen molar-refractivity contribution >= 4 is 10.9 Å². The standard InChI is InChI=1S/C24H26FNO4/c1-4-22(17-5-7-21-16(11-17)6-8-23(27)26-21)30-20-13-18(12-19(25)14-20)24(28-3)9-10-29-15(24)2/h5-8,11-15,22H,4,9-10H2,1-3H3,(H,26,27). The van der Waals surface area contributed by atoms with E-state index in [0.29, 0.717) is 25.2 Å². The first-order chi connectivity index (χ1) is 14.4. The van der Waals surface area contributed by atoms with Gasteiger partial charge in [0.25, 0.3) is 0 Å². The highest BCUT2D eigenvalue weighted by Gasteiger charge is 2.44. The summed E-state index contributed by atoms with van der Waals surface area (Å²) in [5, 5.41) is 0.921. The zero-order valence-electron chi connectivity index (χ0n) is 17.4. The number of pyridine rings is 1. The van der Waals surface area contributed by atoms with Crippen LogP contribution in [0.25, 0.3) is 10.9 Å². The van der Waals surface area contributed by atoms with Crippen molar-refractivity contribution in [3.63, 3.8) is 0 Å². The van der Waals surface area contributed by atoms with Crippen LogP contribution < -0.4 is 10.3 Å². The largest absolute Gasteiger partial charge is 0.486 e. The Morgan fingerprint density at radius 3 is 2.77 bits per heavy atom. The predicted octanol–water partition coefficient (Wildman–Crippen LogP) is 4.85. The van der Waals surface area contributed by atoms with E-state index in [-0.39, 0.29) is 23.6 Å². The first-order valence-corrected chi connectivity index (χ1v) is 10.2. The average molecular weight is 411 g/mol. The Morgan fingerprint density at radius 2 is 2.07 bits per heavy atom. The second-order valence-electron chi connectivity index (χ2n) is 7.72. The van der Waals surface area contributed by atoms with Crippen LogP contribution in [0.5, 0.6) is 5.75 Å². The molecule has 1 fully saturated rings. The van der Waals surface area contributed by atoms with E-state index in [4.69, 9.17) is 14.2 Å². The molecule has 3 aromatic rings. The summed E-state index contributed by atoms with van der Waals surface area (Å²) in [6.45, 7) is 4.53. The second-order valence-corrected chi connectivity index (χ2v) is 7.72. The molecule has 3 unspecified atom stereocenters. The number of benzene rings is 2. The van der Waals surface area contributed by atoms with Crippen LogP contribution in [0.4, 0.5) is 4.39 Å². The van der Waals surface area contributed by atoms with Gasteiger partial charge in [0.2, 0.25) is 5.56 Å². The topological polar surface area (TPSA) is 60.6 Å². The molecule has 1 N–H and O–H groups in total. The third-order valence-electron chi connectivity index (χ3n) is 5.99. The lowest BCUT2D eigenvalue weighted by molar-refractivity contribution is -0.0650. The quantitative estimate of drug-likeness (QED) is 0.630. The van der Waals surface area contributed by atoms with Gasteiger partial charge in [-0.25, -0.2) is 4.39 Å². The van der Waals surface area contributed by atoms with Gasteiger partial charge in [-0.05, 0) is 60.2 Å². The molecule has 4 rings (SSSR count). The summed E-state index contributed by atoms with van der Waals surface area (Å²) in [6.07, 6.45) is 0.928.